The van der Waals surface area contributed by atoms with Crippen LogP contribution in [0.5, 0.6) is 0 Å². The molecule has 0 heterocycles. The third-order valence-electron chi connectivity index (χ3n) is 12.4. The molecule has 0 radical (unpaired) electrons. The van der Waals surface area contributed by atoms with Gasteiger partial charge in [-0.05, 0) is 84.5 Å². The highest BCUT2D eigenvalue weighted by Crippen LogP contribution is 2.74. The van der Waals surface area contributed by atoms with Gasteiger partial charge < -0.3 is 5.11 Å². The Bertz CT molecular complexity index is 1090. The van der Waals surface area contributed by atoms with E-state index >= 15 is 0 Å². The number of carbonyl (C=O) groups is 3. The number of carboxylic acid groups (broad SMARTS) is 1. The molecular weight excluding hydrogens is 436 g/mol. The number of rotatable bonds is 1. The van der Waals surface area contributed by atoms with Gasteiger partial charge >= 0.3 is 5.97 Å². The fourth-order valence-corrected chi connectivity index (χ4v) is 9.97. The van der Waals surface area contributed by atoms with Crippen molar-refractivity contribution in [1.29, 1.82) is 0 Å². The smallest absolute Gasteiger partial charge is 0.339 e. The normalized spacial score (nSPS) is 47.9. The highest BCUT2D eigenvalue weighted by atomic mass is 16.4. The molecule has 3 fully saturated rings. The van der Waals surface area contributed by atoms with Crippen LogP contribution in [0.4, 0.5) is 0 Å². The van der Waals surface area contributed by atoms with Gasteiger partial charge in [-0.25, -0.2) is 4.79 Å². The Morgan fingerprint density at radius 3 is 2.17 bits per heavy atom. The first-order valence-corrected chi connectivity index (χ1v) is 13.7. The summed E-state index contributed by atoms with van der Waals surface area (Å²) < 4.78 is 0. The predicted octanol–water partition coefficient (Wildman–Crippen LogP) is 6.79. The number of carbonyl (C=O) groups excluding carboxylic acids is 2. The van der Waals surface area contributed by atoms with Crippen LogP contribution in [-0.4, -0.2) is 22.6 Å². The summed E-state index contributed by atoms with van der Waals surface area (Å²) in [4.78, 5) is 39.6. The van der Waals surface area contributed by atoms with E-state index in [0.29, 0.717) is 5.92 Å². The van der Waals surface area contributed by atoms with Gasteiger partial charge in [-0.15, -0.1) is 0 Å². The molecule has 35 heavy (non-hydrogen) atoms. The van der Waals surface area contributed by atoms with Crippen LogP contribution in [0.2, 0.25) is 0 Å². The highest BCUT2D eigenvalue weighted by molar-refractivity contribution is 6.19. The summed E-state index contributed by atoms with van der Waals surface area (Å²) in [5.41, 5.74) is -0.309. The van der Waals surface area contributed by atoms with Crippen molar-refractivity contribution < 1.29 is 19.5 Å². The van der Waals surface area contributed by atoms with E-state index in [4.69, 9.17) is 0 Å². The number of Topliss-reactive ketones (excluding diaryl/α,β-unsaturated/α-hetero) is 1. The minimum atomic E-state index is -1.15. The largest absolute Gasteiger partial charge is 0.478 e. The minimum Gasteiger partial charge on any atom is -0.478 e. The molecule has 0 amide bonds. The molecule has 0 aromatic heterocycles. The third kappa shape index (κ3) is 3.01. The molecule has 192 valence electrons. The van der Waals surface area contributed by atoms with E-state index in [2.05, 4.69) is 41.5 Å². The van der Waals surface area contributed by atoms with Gasteiger partial charge in [0, 0.05) is 16.7 Å². The van der Waals surface area contributed by atoms with Crippen molar-refractivity contribution in [3.05, 3.63) is 23.3 Å². The zero-order valence-electron chi connectivity index (χ0n) is 23.0. The quantitative estimate of drug-likeness (QED) is 0.420. The van der Waals surface area contributed by atoms with E-state index < -0.39 is 16.8 Å². The lowest BCUT2D eigenvalue weighted by Crippen LogP contribution is -2.64. The Labute approximate surface area is 211 Å². The van der Waals surface area contributed by atoms with Crippen molar-refractivity contribution in [2.24, 2.45) is 50.2 Å². The Balaban J connectivity index is 1.70. The molecule has 4 heteroatoms. The van der Waals surface area contributed by atoms with Crippen LogP contribution in [0, 0.1) is 50.2 Å². The van der Waals surface area contributed by atoms with Crippen LogP contribution < -0.4 is 0 Å². The molecule has 0 saturated heterocycles. The second kappa shape index (κ2) is 6.98. The van der Waals surface area contributed by atoms with Crippen molar-refractivity contribution in [1.82, 2.24) is 0 Å². The number of allylic oxidation sites excluding steroid dienone is 3. The zero-order chi connectivity index (χ0) is 26.0. The maximum atomic E-state index is 14.2. The lowest BCUT2D eigenvalue weighted by atomic mass is 9.34. The fraction of sp³-hybridized carbons (Fsp3) is 0.774. The predicted molar refractivity (Wildman–Crippen MR) is 137 cm³/mol. The van der Waals surface area contributed by atoms with E-state index in [9.17, 15) is 19.5 Å². The first kappa shape index (κ1) is 25.0. The molecule has 0 aliphatic heterocycles. The number of ketones is 2. The zero-order valence-corrected chi connectivity index (χ0v) is 23.0. The summed E-state index contributed by atoms with van der Waals surface area (Å²) in [5.74, 6) is -0.806. The number of aliphatic carboxylic acids is 1. The van der Waals surface area contributed by atoms with E-state index in [-0.39, 0.29) is 50.6 Å². The SMILES string of the molecule is CC1(C)CC[C@]2(C)CC[C@]3(C)C(C(=O)C=C4[C@@]5(C)C=C(C(=O)O)C(=O)C(C)(C)[C@@H]5CC[C@]43C)C2C1. The van der Waals surface area contributed by atoms with Crippen LogP contribution in [0.15, 0.2) is 23.3 Å². The molecule has 0 bridgehead atoms. The Morgan fingerprint density at radius 2 is 1.54 bits per heavy atom. The lowest BCUT2D eigenvalue weighted by molar-refractivity contribution is -0.168. The molecule has 4 nitrogen and oxygen atoms in total. The van der Waals surface area contributed by atoms with E-state index in [1.54, 1.807) is 6.08 Å². The molecule has 5 aliphatic rings. The van der Waals surface area contributed by atoms with Gasteiger partial charge in [0.05, 0.1) is 5.57 Å². The monoisotopic (exact) mass is 480 g/mol. The van der Waals surface area contributed by atoms with Gasteiger partial charge in [-0.3, -0.25) is 9.59 Å². The maximum Gasteiger partial charge on any atom is 0.339 e. The lowest BCUT2D eigenvalue weighted by Gasteiger charge is -2.69. The highest BCUT2D eigenvalue weighted by Gasteiger charge is 2.69. The minimum absolute atomic E-state index is 0.0101. The number of hydrogen-bond acceptors (Lipinski definition) is 3. The van der Waals surface area contributed by atoms with Gasteiger partial charge in [-0.1, -0.05) is 67.0 Å². The fourth-order valence-electron chi connectivity index (χ4n) is 9.97. The van der Waals surface area contributed by atoms with E-state index in [0.717, 1.165) is 37.7 Å². The standard InChI is InChI=1S/C31H44O4/c1-26(2)11-12-28(5)13-14-31(8)23(19(28)17-26)20(32)15-22-29(6)16-18(25(34)35)24(33)27(3,4)21(29)9-10-30(22,31)7/h15-16,19,21,23H,9-14,17H2,1-8H3,(H,34,35)/t19?,21-,23?,28+,29-,30+,31+/m0/s1. The van der Waals surface area contributed by atoms with Crippen LogP contribution in [0.1, 0.15) is 100 Å². The molecule has 7 atom stereocenters. The number of carboxylic acids is 1. The summed E-state index contributed by atoms with van der Waals surface area (Å²) in [6, 6.07) is 0. The average molecular weight is 481 g/mol. The average Bonchev–Trinajstić information content (AvgIpc) is 2.73. The van der Waals surface area contributed by atoms with Crippen LogP contribution in [0.3, 0.4) is 0 Å². The van der Waals surface area contributed by atoms with Crippen molar-refractivity contribution in [3.8, 4) is 0 Å². The number of hydrogen-bond donors (Lipinski definition) is 1. The molecule has 5 aliphatic carbocycles. The summed E-state index contributed by atoms with van der Waals surface area (Å²) >= 11 is 0. The summed E-state index contributed by atoms with van der Waals surface area (Å²) in [5, 5.41) is 9.93. The van der Waals surface area contributed by atoms with Crippen molar-refractivity contribution in [3.63, 3.8) is 0 Å². The topological polar surface area (TPSA) is 71.4 Å². The third-order valence-corrected chi connectivity index (χ3v) is 12.4. The van der Waals surface area contributed by atoms with E-state index in [1.807, 2.05) is 19.9 Å². The summed E-state index contributed by atoms with van der Waals surface area (Å²) in [6.45, 7) is 17.8. The van der Waals surface area contributed by atoms with Gasteiger partial charge in [0.25, 0.3) is 0 Å². The number of fused-ring (bicyclic) bond motifs is 7. The molecule has 0 aromatic carbocycles. The molecule has 1 N–H and O–H groups in total. The summed E-state index contributed by atoms with van der Waals surface area (Å²) in [6.07, 6.45) is 11.2. The Morgan fingerprint density at radius 1 is 0.914 bits per heavy atom. The molecular formula is C31H44O4. The van der Waals surface area contributed by atoms with Crippen molar-refractivity contribution >= 4 is 17.5 Å². The van der Waals surface area contributed by atoms with Crippen LogP contribution in [0.25, 0.3) is 0 Å². The first-order valence-electron chi connectivity index (χ1n) is 13.7. The molecule has 0 spiro atoms. The molecule has 2 unspecified atom stereocenters. The Hall–Kier alpha value is -1.71. The van der Waals surface area contributed by atoms with Gasteiger partial charge in [0.1, 0.15) is 0 Å². The van der Waals surface area contributed by atoms with Gasteiger partial charge in [0.2, 0.25) is 0 Å². The van der Waals surface area contributed by atoms with Crippen molar-refractivity contribution in [2.45, 2.75) is 100 Å². The van der Waals surface area contributed by atoms with Crippen molar-refractivity contribution in [2.75, 3.05) is 0 Å². The van der Waals surface area contributed by atoms with Gasteiger partial charge in [0.15, 0.2) is 11.6 Å². The van der Waals surface area contributed by atoms with Crippen LogP contribution >= 0.6 is 0 Å². The van der Waals surface area contributed by atoms with E-state index in [1.165, 1.54) is 12.8 Å². The Kier molecular flexibility index (Phi) is 4.98. The summed E-state index contributed by atoms with van der Waals surface area (Å²) in [7, 11) is 0. The molecule has 3 saturated carbocycles. The maximum absolute atomic E-state index is 14.2. The molecule has 0 aromatic rings. The van der Waals surface area contributed by atoms with Crippen LogP contribution in [-0.2, 0) is 14.4 Å². The first-order chi connectivity index (χ1) is 15.9. The second-order valence-electron chi connectivity index (χ2n) is 15.1. The second-order valence-corrected chi connectivity index (χ2v) is 15.1. The molecule has 5 rings (SSSR count). The van der Waals surface area contributed by atoms with Gasteiger partial charge in [-0.2, -0.15) is 0 Å².